The minimum absolute atomic E-state index is 0.0705. The van der Waals surface area contributed by atoms with E-state index in [2.05, 4.69) is 13.5 Å². The van der Waals surface area contributed by atoms with E-state index in [9.17, 15) is 9.59 Å². The lowest BCUT2D eigenvalue weighted by Gasteiger charge is -2.54. The summed E-state index contributed by atoms with van der Waals surface area (Å²) < 4.78 is 4.85. The first-order valence-corrected chi connectivity index (χ1v) is 8.30. The van der Waals surface area contributed by atoms with Gasteiger partial charge in [-0.1, -0.05) is 19.1 Å². The van der Waals surface area contributed by atoms with E-state index in [4.69, 9.17) is 4.74 Å². The van der Waals surface area contributed by atoms with Crippen LogP contribution in [0.25, 0.3) is 0 Å². The number of Topliss-reactive ketones (excluding diaryl/α,β-unsaturated/α-hetero) is 1. The Morgan fingerprint density at radius 3 is 2.81 bits per heavy atom. The van der Waals surface area contributed by atoms with Gasteiger partial charge in [0.05, 0.1) is 7.11 Å². The molecule has 21 heavy (non-hydrogen) atoms. The third kappa shape index (κ3) is 2.45. The van der Waals surface area contributed by atoms with E-state index in [1.54, 1.807) is 0 Å². The largest absolute Gasteiger partial charge is 0.469 e. The maximum atomic E-state index is 12.6. The van der Waals surface area contributed by atoms with Gasteiger partial charge in [-0.25, -0.2) is 0 Å². The molecule has 0 radical (unpaired) electrons. The van der Waals surface area contributed by atoms with Crippen LogP contribution in [0.2, 0.25) is 0 Å². The highest BCUT2D eigenvalue weighted by atomic mass is 16.5. The normalized spacial score (nSPS) is 42.4. The van der Waals surface area contributed by atoms with Crippen LogP contribution in [0, 0.1) is 35.5 Å². The van der Waals surface area contributed by atoms with Gasteiger partial charge in [0.15, 0.2) is 0 Å². The number of carbonyl (C=O) groups is 2. The van der Waals surface area contributed by atoms with Crippen LogP contribution in [0.15, 0.2) is 12.2 Å². The topological polar surface area (TPSA) is 43.4 Å². The van der Waals surface area contributed by atoms with Gasteiger partial charge in [0, 0.05) is 18.8 Å². The van der Waals surface area contributed by atoms with Crippen molar-refractivity contribution in [3.05, 3.63) is 12.2 Å². The van der Waals surface area contributed by atoms with Gasteiger partial charge in [0.2, 0.25) is 0 Å². The molecule has 0 aromatic heterocycles. The Hall–Kier alpha value is -1.12. The Morgan fingerprint density at radius 1 is 1.33 bits per heavy atom. The second-order valence-electron chi connectivity index (χ2n) is 7.33. The van der Waals surface area contributed by atoms with E-state index in [-0.39, 0.29) is 17.8 Å². The van der Waals surface area contributed by atoms with E-state index in [1.807, 2.05) is 0 Å². The summed E-state index contributed by atoms with van der Waals surface area (Å²) in [4.78, 5) is 24.3. The average Bonchev–Trinajstić information content (AvgIpc) is 2.46. The van der Waals surface area contributed by atoms with E-state index in [0.29, 0.717) is 42.3 Å². The number of carbonyl (C=O) groups excluding carboxylic acids is 2. The molecular weight excluding hydrogens is 264 g/mol. The lowest BCUT2D eigenvalue weighted by molar-refractivity contribution is -0.148. The third-order valence-corrected chi connectivity index (χ3v) is 6.34. The van der Waals surface area contributed by atoms with Crippen LogP contribution in [0.3, 0.4) is 0 Å². The Bertz CT molecular complexity index is 467. The first-order chi connectivity index (χ1) is 10.0. The van der Waals surface area contributed by atoms with Crippen molar-refractivity contribution in [1.29, 1.82) is 0 Å². The van der Waals surface area contributed by atoms with E-state index in [1.165, 1.54) is 19.1 Å². The van der Waals surface area contributed by atoms with Crippen LogP contribution in [-0.2, 0) is 14.3 Å². The highest BCUT2D eigenvalue weighted by Gasteiger charge is 2.53. The molecule has 0 bridgehead atoms. The molecule has 3 nitrogen and oxygen atoms in total. The molecule has 3 aliphatic rings. The van der Waals surface area contributed by atoms with Gasteiger partial charge in [-0.3, -0.25) is 9.59 Å². The van der Waals surface area contributed by atoms with Crippen LogP contribution in [-0.4, -0.2) is 18.9 Å². The predicted octanol–water partition coefficient (Wildman–Crippen LogP) is 3.38. The Labute approximate surface area is 127 Å². The Balaban J connectivity index is 1.91. The fourth-order valence-corrected chi connectivity index (χ4v) is 5.44. The van der Waals surface area contributed by atoms with Gasteiger partial charge in [0.1, 0.15) is 5.78 Å². The SMILES string of the molecule is C=C1CC[C@H]2[C@H]3[C@@H](C(=O)CC[C@H]13)[C@H](CC(=O)OC)C[C@@H]2C. The summed E-state index contributed by atoms with van der Waals surface area (Å²) >= 11 is 0. The third-order valence-electron chi connectivity index (χ3n) is 6.34. The van der Waals surface area contributed by atoms with Crippen LogP contribution in [0.5, 0.6) is 0 Å². The maximum Gasteiger partial charge on any atom is 0.305 e. The number of hydrogen-bond acceptors (Lipinski definition) is 3. The van der Waals surface area contributed by atoms with Crippen LogP contribution in [0.4, 0.5) is 0 Å². The summed E-state index contributed by atoms with van der Waals surface area (Å²) in [7, 11) is 1.44. The number of esters is 1. The molecule has 0 aromatic carbocycles. The highest BCUT2D eigenvalue weighted by Crippen LogP contribution is 2.57. The molecule has 0 heterocycles. The molecule has 116 valence electrons. The molecule has 0 N–H and O–H groups in total. The van der Waals surface area contributed by atoms with Gasteiger partial charge >= 0.3 is 5.97 Å². The average molecular weight is 290 g/mol. The maximum absolute atomic E-state index is 12.6. The van der Waals surface area contributed by atoms with Crippen LogP contribution in [0.1, 0.15) is 45.4 Å². The van der Waals surface area contributed by atoms with Gasteiger partial charge in [0.25, 0.3) is 0 Å². The van der Waals surface area contributed by atoms with Gasteiger partial charge in [-0.05, 0) is 55.3 Å². The van der Waals surface area contributed by atoms with Crippen LogP contribution < -0.4 is 0 Å². The number of ether oxygens (including phenoxy) is 1. The predicted molar refractivity (Wildman–Crippen MR) is 80.5 cm³/mol. The van der Waals surface area contributed by atoms with Crippen molar-refractivity contribution >= 4 is 11.8 Å². The number of allylic oxidation sites excluding steroid dienone is 1. The summed E-state index contributed by atoms with van der Waals surface area (Å²) in [6, 6.07) is 0. The molecule has 0 amide bonds. The molecule has 3 saturated carbocycles. The molecule has 6 atom stereocenters. The molecule has 0 aromatic rings. The minimum Gasteiger partial charge on any atom is -0.469 e. The Morgan fingerprint density at radius 2 is 2.10 bits per heavy atom. The smallest absolute Gasteiger partial charge is 0.305 e. The zero-order chi connectivity index (χ0) is 15.1. The number of rotatable bonds is 2. The summed E-state index contributed by atoms with van der Waals surface area (Å²) in [5, 5.41) is 0. The van der Waals surface area contributed by atoms with Crippen LogP contribution >= 0.6 is 0 Å². The van der Waals surface area contributed by atoms with Crippen molar-refractivity contribution in [2.45, 2.75) is 45.4 Å². The summed E-state index contributed by atoms with van der Waals surface area (Å²) in [6.45, 7) is 6.58. The van der Waals surface area contributed by atoms with E-state index in [0.717, 1.165) is 19.3 Å². The van der Waals surface area contributed by atoms with Gasteiger partial charge in [-0.2, -0.15) is 0 Å². The van der Waals surface area contributed by atoms with Crippen molar-refractivity contribution in [2.75, 3.05) is 7.11 Å². The fraction of sp³-hybridized carbons (Fsp3) is 0.778. The monoisotopic (exact) mass is 290 g/mol. The van der Waals surface area contributed by atoms with Crippen molar-refractivity contribution in [3.63, 3.8) is 0 Å². The summed E-state index contributed by atoms with van der Waals surface area (Å²) in [5.74, 6) is 2.65. The molecule has 0 aliphatic heterocycles. The van der Waals surface area contributed by atoms with Crippen molar-refractivity contribution in [3.8, 4) is 0 Å². The molecule has 0 saturated heterocycles. The number of hydrogen-bond donors (Lipinski definition) is 0. The zero-order valence-corrected chi connectivity index (χ0v) is 13.1. The van der Waals surface area contributed by atoms with E-state index < -0.39 is 0 Å². The van der Waals surface area contributed by atoms with Gasteiger partial charge in [-0.15, -0.1) is 0 Å². The van der Waals surface area contributed by atoms with Gasteiger partial charge < -0.3 is 4.74 Å². The number of methoxy groups -OCH3 is 1. The zero-order valence-electron chi connectivity index (χ0n) is 13.1. The highest BCUT2D eigenvalue weighted by molar-refractivity contribution is 5.83. The molecule has 3 fully saturated rings. The fourth-order valence-electron chi connectivity index (χ4n) is 5.44. The molecule has 0 unspecified atom stereocenters. The Kier molecular flexibility index (Phi) is 3.94. The van der Waals surface area contributed by atoms with Crippen molar-refractivity contribution in [2.24, 2.45) is 35.5 Å². The first kappa shape index (κ1) is 14.8. The standard InChI is InChI=1S/C18H26O3/c1-10-4-5-14-11(2)8-12(9-16(20)21-3)17-15(19)7-6-13(10)18(14)17/h11-14,17-18H,1,4-9H2,2-3H3/t11-,12-,13+,14+,17+,18-/m0/s1. The summed E-state index contributed by atoms with van der Waals surface area (Å²) in [6.07, 6.45) is 5.34. The van der Waals surface area contributed by atoms with E-state index >= 15 is 0 Å². The second kappa shape index (κ2) is 5.58. The lowest BCUT2D eigenvalue weighted by Crippen LogP contribution is -2.51. The molecule has 3 aliphatic carbocycles. The quantitative estimate of drug-likeness (QED) is 0.578. The minimum atomic E-state index is -0.171. The summed E-state index contributed by atoms with van der Waals surface area (Å²) in [5.41, 5.74) is 1.35. The molecule has 0 spiro atoms. The lowest BCUT2D eigenvalue weighted by atomic mass is 9.49. The molecule has 3 heteroatoms. The molecular formula is C18H26O3. The van der Waals surface area contributed by atoms with Crippen molar-refractivity contribution in [1.82, 2.24) is 0 Å². The number of ketones is 1. The van der Waals surface area contributed by atoms with Crippen molar-refractivity contribution < 1.29 is 14.3 Å². The second-order valence-corrected chi connectivity index (χ2v) is 7.33. The molecule has 3 rings (SSSR count). The first-order valence-electron chi connectivity index (χ1n) is 8.30.